The maximum absolute atomic E-state index is 12.8. The van der Waals surface area contributed by atoms with Gasteiger partial charge in [-0.15, -0.1) is 0 Å². The quantitative estimate of drug-likeness (QED) is 0.0346. The summed E-state index contributed by atoms with van der Waals surface area (Å²) in [5, 5.41) is 0. The molecule has 0 spiro atoms. The summed E-state index contributed by atoms with van der Waals surface area (Å²) in [5.41, 5.74) is 0. The van der Waals surface area contributed by atoms with Crippen molar-refractivity contribution in [3.8, 4) is 0 Å². The highest BCUT2D eigenvalue weighted by atomic mass is 16.6. The number of rotatable bonds is 45. The molecule has 0 fully saturated rings. The zero-order chi connectivity index (χ0) is 46.3. The molecule has 0 saturated heterocycles. The molecule has 64 heavy (non-hydrogen) atoms. The van der Waals surface area contributed by atoms with Gasteiger partial charge in [-0.05, 0) is 128 Å². The smallest absolute Gasteiger partial charge is 0.306 e. The Morgan fingerprint density at radius 3 is 1.05 bits per heavy atom. The molecule has 0 aromatic heterocycles. The van der Waals surface area contributed by atoms with Crippen LogP contribution in [-0.2, 0) is 23.8 Å². The monoisotopic (exact) mass is 883 g/mol. The van der Waals surface area contributed by atoms with E-state index in [0.717, 1.165) is 141 Å². The van der Waals surface area contributed by atoms with E-state index in [0.29, 0.717) is 19.4 Å². The molecule has 0 amide bonds. The van der Waals surface area contributed by atoms with Crippen molar-refractivity contribution in [3.63, 3.8) is 0 Å². The van der Waals surface area contributed by atoms with Crippen molar-refractivity contribution in [3.05, 3.63) is 134 Å². The van der Waals surface area contributed by atoms with E-state index in [4.69, 9.17) is 14.2 Å². The van der Waals surface area contributed by atoms with Crippen LogP contribution in [0.4, 0.5) is 0 Å². The minimum absolute atomic E-state index is 0.0414. The normalized spacial score (nSPS) is 13.4. The highest BCUT2D eigenvalue weighted by Gasteiger charge is 2.17. The topological polar surface area (TPSA) is 61.8 Å². The summed E-state index contributed by atoms with van der Waals surface area (Å²) in [6.07, 6.45) is 76.1. The SMILES string of the molecule is CC/C=C\C/C=C\C/C=C\C/C=C\C/C=C\CCCCCC(=O)OCC(COCCCCCCCC/C=C\C/C=C\C/C=C\CC)OC(=O)CCCCC/C=C\C/C=C\C/C=C\CC. The molecule has 0 aliphatic heterocycles. The van der Waals surface area contributed by atoms with Crippen LogP contribution in [0.1, 0.15) is 201 Å². The predicted octanol–water partition coefficient (Wildman–Crippen LogP) is 17.6. The van der Waals surface area contributed by atoms with Gasteiger partial charge in [-0.1, -0.05) is 193 Å². The van der Waals surface area contributed by atoms with Gasteiger partial charge in [0, 0.05) is 19.4 Å². The number of hydrogen-bond acceptors (Lipinski definition) is 5. The first-order chi connectivity index (χ1) is 31.6. The van der Waals surface area contributed by atoms with Crippen molar-refractivity contribution in [2.75, 3.05) is 19.8 Å². The van der Waals surface area contributed by atoms with Crippen LogP contribution in [0.3, 0.4) is 0 Å². The molecular formula is C59H94O5. The fourth-order valence-corrected chi connectivity index (χ4v) is 6.45. The van der Waals surface area contributed by atoms with E-state index in [1.165, 1.54) is 25.7 Å². The van der Waals surface area contributed by atoms with Gasteiger partial charge in [-0.3, -0.25) is 9.59 Å². The third kappa shape index (κ3) is 50.7. The standard InChI is InChI=1S/C59H94O5/c1-4-7-10-13-16-19-22-25-27-29-30-31-32-35-37-40-43-46-49-52-58(60)63-56-57(64-59(61)53-50-47-44-41-38-34-24-21-18-15-12-9-6-3)55-62-54-51-48-45-42-39-36-33-28-26-23-20-17-14-11-8-5-2/h7-12,16-21,25-28,30-31,34-35,37-38,57H,4-6,13-15,22-24,29,32-33,36,39-56H2,1-3H3/b10-7-,11-8-,12-9-,19-16-,20-17-,21-18-,27-25-,28-26-,31-30-,37-35-,38-34-. The lowest BCUT2D eigenvalue weighted by molar-refractivity contribution is -0.163. The minimum atomic E-state index is -0.582. The minimum Gasteiger partial charge on any atom is -0.462 e. The summed E-state index contributed by atoms with van der Waals surface area (Å²) in [4.78, 5) is 25.4. The Hall–Kier alpha value is -3.96. The molecule has 0 aromatic carbocycles. The van der Waals surface area contributed by atoms with E-state index < -0.39 is 6.10 Å². The van der Waals surface area contributed by atoms with Crippen LogP contribution >= 0.6 is 0 Å². The highest BCUT2D eigenvalue weighted by molar-refractivity contribution is 5.70. The van der Waals surface area contributed by atoms with Gasteiger partial charge in [-0.25, -0.2) is 0 Å². The summed E-state index contributed by atoms with van der Waals surface area (Å²) in [6, 6.07) is 0. The zero-order valence-electron chi connectivity index (χ0n) is 41.2. The summed E-state index contributed by atoms with van der Waals surface area (Å²) in [7, 11) is 0. The second kappa shape index (κ2) is 53.4. The van der Waals surface area contributed by atoms with Gasteiger partial charge in [0.2, 0.25) is 0 Å². The van der Waals surface area contributed by atoms with E-state index in [1.807, 2.05) is 0 Å². The number of carbonyl (C=O) groups excluding carboxylic acids is 2. The largest absolute Gasteiger partial charge is 0.462 e. The molecular weight excluding hydrogens is 789 g/mol. The summed E-state index contributed by atoms with van der Waals surface area (Å²) < 4.78 is 17.3. The highest BCUT2D eigenvalue weighted by Crippen LogP contribution is 2.11. The molecule has 0 radical (unpaired) electrons. The fraction of sp³-hybridized carbons (Fsp3) is 0.593. The third-order valence-electron chi connectivity index (χ3n) is 10.2. The Morgan fingerprint density at radius 2 is 0.656 bits per heavy atom. The maximum Gasteiger partial charge on any atom is 0.306 e. The van der Waals surface area contributed by atoms with Crippen molar-refractivity contribution in [2.24, 2.45) is 0 Å². The van der Waals surface area contributed by atoms with E-state index in [1.54, 1.807) is 0 Å². The number of ether oxygens (including phenoxy) is 3. The molecule has 1 atom stereocenters. The van der Waals surface area contributed by atoms with Crippen LogP contribution in [0.15, 0.2) is 134 Å². The van der Waals surface area contributed by atoms with Gasteiger partial charge >= 0.3 is 11.9 Å². The number of esters is 2. The Morgan fingerprint density at radius 1 is 0.344 bits per heavy atom. The molecule has 0 N–H and O–H groups in total. The Labute approximate surface area is 394 Å². The Balaban J connectivity index is 4.41. The van der Waals surface area contributed by atoms with Crippen molar-refractivity contribution in [1.29, 1.82) is 0 Å². The average Bonchev–Trinajstić information content (AvgIpc) is 3.30. The Bertz CT molecular complexity index is 1370. The molecule has 1 unspecified atom stereocenters. The summed E-state index contributed by atoms with van der Waals surface area (Å²) >= 11 is 0. The third-order valence-corrected chi connectivity index (χ3v) is 10.2. The van der Waals surface area contributed by atoms with Gasteiger partial charge in [0.1, 0.15) is 6.61 Å². The van der Waals surface area contributed by atoms with Crippen molar-refractivity contribution in [1.82, 2.24) is 0 Å². The van der Waals surface area contributed by atoms with Crippen LogP contribution < -0.4 is 0 Å². The van der Waals surface area contributed by atoms with Crippen molar-refractivity contribution in [2.45, 2.75) is 207 Å². The number of unbranched alkanes of at least 4 members (excludes halogenated alkanes) is 12. The molecule has 5 heteroatoms. The maximum atomic E-state index is 12.8. The average molecular weight is 883 g/mol. The number of allylic oxidation sites excluding steroid dienone is 22. The number of hydrogen-bond donors (Lipinski definition) is 0. The summed E-state index contributed by atoms with van der Waals surface area (Å²) in [5.74, 6) is -0.487. The summed E-state index contributed by atoms with van der Waals surface area (Å²) in [6.45, 7) is 7.37. The van der Waals surface area contributed by atoms with Crippen LogP contribution in [-0.4, -0.2) is 37.9 Å². The van der Waals surface area contributed by atoms with Crippen molar-refractivity contribution < 1.29 is 23.8 Å². The van der Waals surface area contributed by atoms with E-state index in [2.05, 4.69) is 154 Å². The first-order valence-corrected chi connectivity index (χ1v) is 25.7. The van der Waals surface area contributed by atoms with Crippen LogP contribution in [0.5, 0.6) is 0 Å². The molecule has 360 valence electrons. The van der Waals surface area contributed by atoms with Gasteiger partial charge in [0.05, 0.1) is 6.61 Å². The lowest BCUT2D eigenvalue weighted by Crippen LogP contribution is -2.30. The van der Waals surface area contributed by atoms with Crippen molar-refractivity contribution >= 4 is 11.9 Å². The van der Waals surface area contributed by atoms with Gasteiger partial charge in [0.25, 0.3) is 0 Å². The molecule has 0 aliphatic carbocycles. The molecule has 0 heterocycles. The van der Waals surface area contributed by atoms with Crippen LogP contribution in [0.25, 0.3) is 0 Å². The Kier molecular flexibility index (Phi) is 50.1. The van der Waals surface area contributed by atoms with E-state index >= 15 is 0 Å². The van der Waals surface area contributed by atoms with Gasteiger partial charge < -0.3 is 14.2 Å². The fourth-order valence-electron chi connectivity index (χ4n) is 6.45. The van der Waals surface area contributed by atoms with Crippen LogP contribution in [0.2, 0.25) is 0 Å². The van der Waals surface area contributed by atoms with Gasteiger partial charge in [0.15, 0.2) is 6.10 Å². The first-order valence-electron chi connectivity index (χ1n) is 25.7. The molecule has 0 saturated carbocycles. The molecule has 5 nitrogen and oxygen atoms in total. The molecule has 0 rings (SSSR count). The lowest BCUT2D eigenvalue weighted by Gasteiger charge is -2.18. The first kappa shape index (κ1) is 60.0. The molecule has 0 aliphatic rings. The van der Waals surface area contributed by atoms with E-state index in [-0.39, 0.29) is 25.2 Å². The second-order valence-corrected chi connectivity index (χ2v) is 16.3. The second-order valence-electron chi connectivity index (χ2n) is 16.3. The van der Waals surface area contributed by atoms with E-state index in [9.17, 15) is 9.59 Å². The molecule has 0 bridgehead atoms. The van der Waals surface area contributed by atoms with Gasteiger partial charge in [-0.2, -0.15) is 0 Å². The zero-order valence-corrected chi connectivity index (χ0v) is 41.2. The molecule has 0 aromatic rings. The van der Waals surface area contributed by atoms with Crippen LogP contribution in [0, 0.1) is 0 Å². The predicted molar refractivity (Wildman–Crippen MR) is 278 cm³/mol. The lowest BCUT2D eigenvalue weighted by atomic mass is 10.1. The number of carbonyl (C=O) groups is 2.